The SMILES string of the molecule is O=[N+]([O-])c1ccccc1OC=NOC=Nc1ccc(Oc2nccc(Br)n2)cc1. The molecule has 0 radical (unpaired) electrons. The highest BCUT2D eigenvalue weighted by Gasteiger charge is 2.12. The summed E-state index contributed by atoms with van der Waals surface area (Å²) >= 11 is 3.24. The Morgan fingerprint density at radius 1 is 1.07 bits per heavy atom. The molecule has 2 aromatic carbocycles. The number of hydrogen-bond donors (Lipinski definition) is 0. The zero-order valence-electron chi connectivity index (χ0n) is 14.6. The molecule has 1 heterocycles. The van der Waals surface area contributed by atoms with Crippen LogP contribution in [0, 0.1) is 10.1 Å². The zero-order valence-corrected chi connectivity index (χ0v) is 16.2. The van der Waals surface area contributed by atoms with Gasteiger partial charge in [0.1, 0.15) is 10.4 Å². The summed E-state index contributed by atoms with van der Waals surface area (Å²) in [6, 6.07) is 14.6. The van der Waals surface area contributed by atoms with E-state index < -0.39 is 4.92 Å². The number of rotatable bonds is 8. The predicted molar refractivity (Wildman–Crippen MR) is 108 cm³/mol. The molecule has 146 valence electrons. The molecule has 0 aliphatic heterocycles. The Balaban J connectivity index is 1.49. The van der Waals surface area contributed by atoms with Crippen LogP contribution >= 0.6 is 15.9 Å². The van der Waals surface area contributed by atoms with Crippen LogP contribution in [0.25, 0.3) is 0 Å². The molecule has 3 rings (SSSR count). The van der Waals surface area contributed by atoms with E-state index in [0.717, 1.165) is 12.8 Å². The maximum atomic E-state index is 10.9. The predicted octanol–water partition coefficient (Wildman–Crippen LogP) is 4.64. The van der Waals surface area contributed by atoms with Gasteiger partial charge in [-0.15, -0.1) is 0 Å². The molecule has 0 bridgehead atoms. The third-order valence-corrected chi connectivity index (χ3v) is 3.68. The van der Waals surface area contributed by atoms with Gasteiger partial charge >= 0.3 is 11.7 Å². The first-order chi connectivity index (χ1) is 14.1. The molecular weight excluding hydrogens is 446 g/mol. The molecule has 1 aromatic heterocycles. The van der Waals surface area contributed by atoms with Gasteiger partial charge in [-0.2, -0.15) is 4.98 Å². The number of nitro benzene ring substituents is 1. The second-order valence-corrected chi connectivity index (χ2v) is 5.96. The average Bonchev–Trinajstić information content (AvgIpc) is 2.72. The van der Waals surface area contributed by atoms with Crippen LogP contribution in [0.1, 0.15) is 0 Å². The van der Waals surface area contributed by atoms with E-state index in [0.29, 0.717) is 16.0 Å². The molecule has 10 nitrogen and oxygen atoms in total. The zero-order chi connectivity index (χ0) is 20.5. The highest BCUT2D eigenvalue weighted by molar-refractivity contribution is 9.10. The van der Waals surface area contributed by atoms with Crippen molar-refractivity contribution in [3.63, 3.8) is 0 Å². The first-order valence-electron chi connectivity index (χ1n) is 7.98. The first kappa shape index (κ1) is 19.9. The van der Waals surface area contributed by atoms with Crippen molar-refractivity contribution in [2.24, 2.45) is 10.1 Å². The minimum Gasteiger partial charge on any atom is -0.435 e. The highest BCUT2D eigenvalue weighted by Crippen LogP contribution is 2.25. The van der Waals surface area contributed by atoms with Crippen molar-refractivity contribution < 1.29 is 19.2 Å². The van der Waals surface area contributed by atoms with Gasteiger partial charge in [-0.25, -0.2) is 9.98 Å². The van der Waals surface area contributed by atoms with Crippen molar-refractivity contribution in [1.82, 2.24) is 9.97 Å². The quantitative estimate of drug-likeness (QED) is 0.159. The molecule has 0 fully saturated rings. The normalized spacial score (nSPS) is 10.9. The summed E-state index contributed by atoms with van der Waals surface area (Å²) < 4.78 is 11.2. The van der Waals surface area contributed by atoms with E-state index in [2.05, 4.69) is 36.0 Å². The van der Waals surface area contributed by atoms with E-state index in [9.17, 15) is 10.1 Å². The number of nitro groups is 1. The Morgan fingerprint density at radius 2 is 1.86 bits per heavy atom. The smallest absolute Gasteiger partial charge is 0.322 e. The van der Waals surface area contributed by atoms with Crippen molar-refractivity contribution in [3.05, 3.63) is 75.5 Å². The number of oxime groups is 1. The van der Waals surface area contributed by atoms with E-state index in [1.807, 2.05) is 0 Å². The third-order valence-electron chi connectivity index (χ3n) is 3.24. The van der Waals surface area contributed by atoms with Gasteiger partial charge in [0.05, 0.1) is 10.6 Å². The summed E-state index contributed by atoms with van der Waals surface area (Å²) in [7, 11) is 0. The molecule has 3 aromatic rings. The lowest BCUT2D eigenvalue weighted by molar-refractivity contribution is -0.385. The molecule has 29 heavy (non-hydrogen) atoms. The molecular formula is C18H12BrN5O5. The van der Waals surface area contributed by atoms with Gasteiger partial charge in [-0.1, -0.05) is 12.1 Å². The van der Waals surface area contributed by atoms with E-state index in [-0.39, 0.29) is 17.4 Å². The van der Waals surface area contributed by atoms with Crippen molar-refractivity contribution >= 4 is 40.1 Å². The summed E-state index contributed by atoms with van der Waals surface area (Å²) in [5.41, 5.74) is 0.408. The summed E-state index contributed by atoms with van der Waals surface area (Å²) in [6.07, 6.45) is 3.60. The van der Waals surface area contributed by atoms with Crippen LogP contribution in [-0.2, 0) is 4.84 Å². The lowest BCUT2D eigenvalue weighted by Gasteiger charge is -2.03. The number of aromatic nitrogens is 2. The molecule has 0 atom stereocenters. The molecule has 0 N–H and O–H groups in total. The van der Waals surface area contributed by atoms with Crippen molar-refractivity contribution in [1.29, 1.82) is 0 Å². The van der Waals surface area contributed by atoms with Gasteiger partial charge in [0, 0.05) is 12.3 Å². The molecule has 0 aliphatic carbocycles. The number of para-hydroxylation sites is 2. The van der Waals surface area contributed by atoms with Crippen LogP contribution in [0.3, 0.4) is 0 Å². The van der Waals surface area contributed by atoms with Crippen LogP contribution in [0.4, 0.5) is 11.4 Å². The Hall–Kier alpha value is -3.86. The van der Waals surface area contributed by atoms with Gasteiger partial charge in [0.15, 0.2) is 0 Å². The number of ether oxygens (including phenoxy) is 2. The molecule has 0 saturated carbocycles. The Morgan fingerprint density at radius 3 is 2.62 bits per heavy atom. The highest BCUT2D eigenvalue weighted by atomic mass is 79.9. The second-order valence-electron chi connectivity index (χ2n) is 5.15. The van der Waals surface area contributed by atoms with Gasteiger partial charge in [-0.05, 0) is 57.5 Å². The second kappa shape index (κ2) is 9.90. The summed E-state index contributed by atoms with van der Waals surface area (Å²) in [5, 5.41) is 14.4. The van der Waals surface area contributed by atoms with E-state index in [1.165, 1.54) is 18.2 Å². The van der Waals surface area contributed by atoms with E-state index >= 15 is 0 Å². The van der Waals surface area contributed by atoms with E-state index in [4.69, 9.17) is 14.3 Å². The lowest BCUT2D eigenvalue weighted by Crippen LogP contribution is -1.96. The topological polar surface area (TPSA) is 121 Å². The minimum absolute atomic E-state index is 0.0480. The van der Waals surface area contributed by atoms with Gasteiger partial charge in [0.25, 0.3) is 0 Å². The Bertz CT molecular complexity index is 1040. The minimum atomic E-state index is -0.554. The number of hydrogen-bond acceptors (Lipinski definition) is 9. The number of aliphatic imine (C=N–C) groups is 1. The van der Waals surface area contributed by atoms with Crippen LogP contribution in [-0.4, -0.2) is 27.7 Å². The fourth-order valence-corrected chi connectivity index (χ4v) is 2.27. The molecule has 0 amide bonds. The Labute approximate surface area is 172 Å². The standard InChI is InChI=1S/C18H12BrN5O5/c19-17-9-10-20-18(23-17)29-14-7-5-13(6-8-14)21-11-28-22-12-27-16-4-2-1-3-15(16)24(25)26/h1-12H. The lowest BCUT2D eigenvalue weighted by atomic mass is 10.3. The van der Waals surface area contributed by atoms with Crippen molar-refractivity contribution in [2.75, 3.05) is 0 Å². The Kier molecular flexibility index (Phi) is 6.79. The van der Waals surface area contributed by atoms with Crippen LogP contribution in [0.15, 0.2) is 75.5 Å². The fourth-order valence-electron chi connectivity index (χ4n) is 2.00. The largest absolute Gasteiger partial charge is 0.435 e. The average molecular weight is 458 g/mol. The van der Waals surface area contributed by atoms with Crippen molar-refractivity contribution in [3.8, 4) is 17.5 Å². The van der Waals surface area contributed by atoms with Crippen LogP contribution < -0.4 is 9.47 Å². The first-order valence-corrected chi connectivity index (χ1v) is 8.78. The molecule has 0 unspecified atom stereocenters. The number of benzene rings is 2. The molecule has 0 spiro atoms. The summed E-state index contributed by atoms with van der Waals surface area (Å²) in [4.78, 5) is 27.2. The van der Waals surface area contributed by atoms with Crippen LogP contribution in [0.5, 0.6) is 17.5 Å². The molecule has 0 aliphatic rings. The fraction of sp³-hybridized carbons (Fsp3) is 0. The van der Waals surface area contributed by atoms with Crippen molar-refractivity contribution in [2.45, 2.75) is 0 Å². The van der Waals surface area contributed by atoms with Gasteiger partial charge in [0.2, 0.25) is 18.6 Å². The number of nitrogens with zero attached hydrogens (tertiary/aromatic N) is 5. The van der Waals surface area contributed by atoms with Gasteiger partial charge in [-0.3, -0.25) is 10.1 Å². The van der Waals surface area contributed by atoms with E-state index in [1.54, 1.807) is 42.6 Å². The molecule has 11 heteroatoms. The molecule has 0 saturated heterocycles. The maximum absolute atomic E-state index is 10.9. The maximum Gasteiger partial charge on any atom is 0.322 e. The summed E-state index contributed by atoms with van der Waals surface area (Å²) in [6.45, 7) is 0. The van der Waals surface area contributed by atoms with Crippen LogP contribution in [0.2, 0.25) is 0 Å². The third kappa shape index (κ3) is 6.07. The monoisotopic (exact) mass is 457 g/mol. The summed E-state index contributed by atoms with van der Waals surface area (Å²) in [5.74, 6) is 0.589. The number of halogens is 1. The van der Waals surface area contributed by atoms with Gasteiger partial charge < -0.3 is 14.3 Å².